The van der Waals surface area contributed by atoms with E-state index in [4.69, 9.17) is 4.99 Å². The quantitative estimate of drug-likeness (QED) is 0.788. The predicted molar refractivity (Wildman–Crippen MR) is 95.6 cm³/mol. The third-order valence-corrected chi connectivity index (χ3v) is 3.79. The van der Waals surface area contributed by atoms with Gasteiger partial charge >= 0.3 is 0 Å². The van der Waals surface area contributed by atoms with Crippen molar-refractivity contribution >= 4 is 28.4 Å². The average Bonchev–Trinajstić information content (AvgIpc) is 2.62. The van der Waals surface area contributed by atoms with Crippen LogP contribution < -0.4 is 5.32 Å². The summed E-state index contributed by atoms with van der Waals surface area (Å²) >= 11 is 0. The van der Waals surface area contributed by atoms with Crippen molar-refractivity contribution in [1.29, 1.82) is 0 Å². The monoisotopic (exact) mass is 316 g/mol. The minimum absolute atomic E-state index is 0.650. The zero-order valence-electron chi connectivity index (χ0n) is 13.3. The maximum atomic E-state index is 4.74. The molecule has 1 N–H and O–H groups in total. The van der Waals surface area contributed by atoms with Crippen LogP contribution in [0.3, 0.4) is 0 Å². The Kier molecular flexibility index (Phi) is 3.70. The lowest BCUT2D eigenvalue weighted by Crippen LogP contribution is -2.32. The number of hydrogen-bond acceptors (Lipinski definition) is 5. The Balaban J connectivity index is 1.87. The number of nitrogens with one attached hydrogen (secondary N) is 1. The van der Waals surface area contributed by atoms with Crippen molar-refractivity contribution in [2.75, 3.05) is 6.54 Å². The third kappa shape index (κ3) is 2.86. The Labute approximate surface area is 139 Å². The standard InChI is InChI=1S/C18H16N6/c1-12-20-11-8-16(21-12)23-18-14-4-2-3-5-15(14)22-17(24-18)13-6-9-19-10-7-13/h2-7,9-10H,8,11H2,1H3,(H,20,21,22,23,24). The summed E-state index contributed by atoms with van der Waals surface area (Å²) in [6.07, 6.45) is 4.25. The topological polar surface area (TPSA) is 75.4 Å². The van der Waals surface area contributed by atoms with E-state index in [9.17, 15) is 0 Å². The van der Waals surface area contributed by atoms with Crippen molar-refractivity contribution in [3.63, 3.8) is 0 Å². The van der Waals surface area contributed by atoms with Crippen molar-refractivity contribution in [3.05, 3.63) is 48.8 Å². The largest absolute Gasteiger partial charge is 0.332 e. The Bertz CT molecular complexity index is 946. The molecule has 0 bridgehead atoms. The fraction of sp³-hybridized carbons (Fsp3) is 0.167. The fourth-order valence-corrected chi connectivity index (χ4v) is 2.63. The van der Waals surface area contributed by atoms with Gasteiger partial charge in [-0.15, -0.1) is 0 Å². The lowest BCUT2D eigenvalue weighted by Gasteiger charge is -2.14. The molecule has 0 aliphatic carbocycles. The van der Waals surface area contributed by atoms with Crippen LogP contribution in [0, 0.1) is 0 Å². The fourth-order valence-electron chi connectivity index (χ4n) is 2.63. The molecule has 6 nitrogen and oxygen atoms in total. The normalized spacial score (nSPS) is 16.0. The van der Waals surface area contributed by atoms with Gasteiger partial charge in [-0.1, -0.05) is 12.1 Å². The predicted octanol–water partition coefficient (Wildman–Crippen LogP) is 3.13. The molecule has 118 valence electrons. The molecule has 0 fully saturated rings. The number of para-hydroxylation sites is 1. The van der Waals surface area contributed by atoms with Crippen LogP contribution in [0.4, 0.5) is 5.82 Å². The lowest BCUT2D eigenvalue weighted by molar-refractivity contribution is 0.954. The first-order valence-electron chi connectivity index (χ1n) is 7.82. The molecule has 0 amide bonds. The molecule has 0 unspecified atom stereocenters. The van der Waals surface area contributed by atoms with Crippen molar-refractivity contribution in [2.24, 2.45) is 9.98 Å². The van der Waals surface area contributed by atoms with Gasteiger partial charge in [0.25, 0.3) is 0 Å². The summed E-state index contributed by atoms with van der Waals surface area (Å²) in [6, 6.07) is 11.7. The molecule has 1 aliphatic heterocycles. The number of benzene rings is 1. The average molecular weight is 316 g/mol. The van der Waals surface area contributed by atoms with Crippen LogP contribution in [-0.4, -0.2) is 33.2 Å². The van der Waals surface area contributed by atoms with Crippen molar-refractivity contribution in [3.8, 4) is 11.4 Å². The highest BCUT2D eigenvalue weighted by Crippen LogP contribution is 2.26. The number of fused-ring (bicyclic) bond motifs is 1. The number of amidine groups is 2. The number of aromatic nitrogens is 3. The van der Waals surface area contributed by atoms with E-state index >= 15 is 0 Å². The first-order chi connectivity index (χ1) is 11.8. The molecule has 0 atom stereocenters. The minimum atomic E-state index is 0.650. The van der Waals surface area contributed by atoms with Gasteiger partial charge in [0.2, 0.25) is 0 Å². The van der Waals surface area contributed by atoms with Crippen molar-refractivity contribution in [1.82, 2.24) is 20.3 Å². The molecular formula is C18H16N6. The molecule has 0 spiro atoms. The molecule has 0 saturated heterocycles. The Hall–Kier alpha value is -3.15. The van der Waals surface area contributed by atoms with Crippen LogP contribution in [0.2, 0.25) is 0 Å². The van der Waals surface area contributed by atoms with E-state index in [0.717, 1.165) is 41.1 Å². The van der Waals surface area contributed by atoms with E-state index in [2.05, 4.69) is 25.3 Å². The maximum Gasteiger partial charge on any atom is 0.165 e. The number of rotatable bonds is 2. The van der Waals surface area contributed by atoms with Crippen molar-refractivity contribution in [2.45, 2.75) is 13.3 Å². The Morgan fingerprint density at radius 3 is 2.71 bits per heavy atom. The molecule has 6 heteroatoms. The number of pyridine rings is 1. The summed E-state index contributed by atoms with van der Waals surface area (Å²) in [5.74, 6) is 3.08. The second-order valence-corrected chi connectivity index (χ2v) is 5.52. The summed E-state index contributed by atoms with van der Waals surface area (Å²) in [7, 11) is 0. The molecule has 24 heavy (non-hydrogen) atoms. The lowest BCUT2D eigenvalue weighted by atomic mass is 10.2. The van der Waals surface area contributed by atoms with Crippen LogP contribution in [0.25, 0.3) is 22.3 Å². The Morgan fingerprint density at radius 2 is 1.88 bits per heavy atom. The minimum Gasteiger partial charge on any atom is -0.332 e. The van der Waals surface area contributed by atoms with Crippen LogP contribution in [0.1, 0.15) is 13.3 Å². The van der Waals surface area contributed by atoms with Crippen LogP contribution >= 0.6 is 0 Å². The van der Waals surface area contributed by atoms with E-state index in [0.29, 0.717) is 11.6 Å². The number of nitrogens with zero attached hydrogens (tertiary/aromatic N) is 5. The highest BCUT2D eigenvalue weighted by Gasteiger charge is 2.11. The van der Waals surface area contributed by atoms with E-state index < -0.39 is 0 Å². The molecule has 2 aromatic heterocycles. The molecule has 1 aromatic carbocycles. The summed E-state index contributed by atoms with van der Waals surface area (Å²) in [5.41, 5.74) is 1.80. The highest BCUT2D eigenvalue weighted by molar-refractivity contribution is 6.03. The van der Waals surface area contributed by atoms with E-state index in [-0.39, 0.29) is 0 Å². The van der Waals surface area contributed by atoms with Gasteiger partial charge in [0, 0.05) is 36.3 Å². The first-order valence-corrected chi connectivity index (χ1v) is 7.82. The first kappa shape index (κ1) is 14.4. The van der Waals surface area contributed by atoms with Gasteiger partial charge in [-0.25, -0.2) is 15.0 Å². The smallest absolute Gasteiger partial charge is 0.165 e. The SMILES string of the molecule is CC1=NCCC(=Nc2nc(-c3ccncc3)nc3ccccc23)N1. The second kappa shape index (κ2) is 6.16. The van der Waals surface area contributed by atoms with Crippen LogP contribution in [0.5, 0.6) is 0 Å². The zero-order chi connectivity index (χ0) is 16.4. The van der Waals surface area contributed by atoms with Gasteiger partial charge in [-0.2, -0.15) is 0 Å². The molecule has 3 heterocycles. The number of aliphatic imine (C=N–C) groups is 2. The summed E-state index contributed by atoms with van der Waals surface area (Å²) in [5, 5.41) is 4.15. The van der Waals surface area contributed by atoms with Gasteiger partial charge in [0.05, 0.1) is 11.4 Å². The van der Waals surface area contributed by atoms with Gasteiger partial charge in [-0.05, 0) is 31.2 Å². The molecular weight excluding hydrogens is 300 g/mol. The third-order valence-electron chi connectivity index (χ3n) is 3.79. The van der Waals surface area contributed by atoms with Gasteiger partial charge in [0.15, 0.2) is 11.6 Å². The van der Waals surface area contributed by atoms with Crippen LogP contribution in [0.15, 0.2) is 58.8 Å². The maximum absolute atomic E-state index is 4.74. The molecule has 4 rings (SSSR count). The molecule has 3 aromatic rings. The molecule has 0 radical (unpaired) electrons. The second-order valence-electron chi connectivity index (χ2n) is 5.52. The van der Waals surface area contributed by atoms with E-state index in [1.807, 2.05) is 43.3 Å². The van der Waals surface area contributed by atoms with E-state index in [1.54, 1.807) is 12.4 Å². The van der Waals surface area contributed by atoms with Gasteiger partial charge in [0.1, 0.15) is 5.84 Å². The molecule has 1 aliphatic rings. The molecule has 0 saturated carbocycles. The summed E-state index contributed by atoms with van der Waals surface area (Å²) < 4.78 is 0. The van der Waals surface area contributed by atoms with Gasteiger partial charge in [-0.3, -0.25) is 9.98 Å². The van der Waals surface area contributed by atoms with Crippen molar-refractivity contribution < 1.29 is 0 Å². The summed E-state index contributed by atoms with van der Waals surface area (Å²) in [6.45, 7) is 2.69. The van der Waals surface area contributed by atoms with E-state index in [1.165, 1.54) is 0 Å². The van der Waals surface area contributed by atoms with Crippen LogP contribution in [-0.2, 0) is 0 Å². The Morgan fingerprint density at radius 1 is 1.04 bits per heavy atom. The zero-order valence-corrected chi connectivity index (χ0v) is 13.3. The highest BCUT2D eigenvalue weighted by atomic mass is 15.1. The number of hydrogen-bond donors (Lipinski definition) is 1. The summed E-state index contributed by atoms with van der Waals surface area (Å²) in [4.78, 5) is 22.5. The van der Waals surface area contributed by atoms with Gasteiger partial charge < -0.3 is 5.32 Å².